The molecule has 1 aromatic heterocycles. The fourth-order valence-electron chi connectivity index (χ4n) is 6.50. The summed E-state index contributed by atoms with van der Waals surface area (Å²) in [6, 6.07) is 21.7. The molecule has 2 aliphatic rings. The number of anilines is 1. The molecule has 0 unspecified atom stereocenters. The predicted octanol–water partition coefficient (Wildman–Crippen LogP) is 3.61. The van der Waals surface area contributed by atoms with Gasteiger partial charge in [-0.2, -0.15) is 0 Å². The molecule has 1 aliphatic carbocycles. The highest BCUT2D eigenvalue weighted by atomic mass is 16.5. The molecule has 0 atom stereocenters. The first-order chi connectivity index (χ1) is 23.7. The second-order valence-electron chi connectivity index (χ2n) is 12.5. The molecule has 0 saturated carbocycles. The Morgan fingerprint density at radius 3 is 2.41 bits per heavy atom. The van der Waals surface area contributed by atoms with Crippen molar-refractivity contribution in [3.05, 3.63) is 144 Å². The van der Waals surface area contributed by atoms with Gasteiger partial charge in [-0.25, -0.2) is 0 Å². The molecule has 9 heteroatoms. The molecule has 0 saturated heterocycles. The van der Waals surface area contributed by atoms with Crippen LogP contribution in [0, 0.1) is 0 Å². The minimum atomic E-state index is -0.371. The van der Waals surface area contributed by atoms with Crippen LogP contribution in [0.1, 0.15) is 35.1 Å². The zero-order chi connectivity index (χ0) is 34.5. The molecule has 4 aromatic rings. The van der Waals surface area contributed by atoms with Gasteiger partial charge in [0.25, 0.3) is 17.0 Å². The van der Waals surface area contributed by atoms with E-state index >= 15 is 0 Å². The summed E-state index contributed by atoms with van der Waals surface area (Å²) < 4.78 is 12.3. The number of ether oxygens (including phenoxy) is 2. The maximum atomic E-state index is 13.6. The summed E-state index contributed by atoms with van der Waals surface area (Å²) in [5.74, 6) is 1.35. The number of hydrogen-bond acceptors (Lipinski definition) is 6. The quantitative estimate of drug-likeness (QED) is 0.295. The summed E-state index contributed by atoms with van der Waals surface area (Å²) in [7, 11) is 6.67. The number of aryl methyl sites for hydroxylation is 1. The van der Waals surface area contributed by atoms with Crippen molar-refractivity contribution in [3.8, 4) is 11.5 Å². The van der Waals surface area contributed by atoms with Gasteiger partial charge in [0.15, 0.2) is 11.5 Å². The Labute approximate surface area is 285 Å². The first kappa shape index (κ1) is 33.5. The molecule has 0 fully saturated rings. The number of H-pyrrole nitrogens is 1. The van der Waals surface area contributed by atoms with E-state index in [2.05, 4.69) is 34.1 Å². The van der Waals surface area contributed by atoms with Crippen molar-refractivity contribution in [2.75, 3.05) is 39.3 Å². The van der Waals surface area contributed by atoms with Crippen LogP contribution >= 0.6 is 0 Å². The van der Waals surface area contributed by atoms with Crippen molar-refractivity contribution in [2.45, 2.75) is 32.2 Å². The Morgan fingerprint density at radius 2 is 1.69 bits per heavy atom. The molecule has 9 nitrogen and oxygen atoms in total. The number of allylic oxidation sites excluding steroid dienone is 2. The van der Waals surface area contributed by atoms with Crippen LogP contribution in [0.3, 0.4) is 0 Å². The van der Waals surface area contributed by atoms with E-state index in [1.807, 2.05) is 48.5 Å². The van der Waals surface area contributed by atoms with Gasteiger partial charge in [0, 0.05) is 38.4 Å². The van der Waals surface area contributed by atoms with Crippen LogP contribution in [0.4, 0.5) is 5.69 Å². The molecule has 252 valence electrons. The van der Waals surface area contributed by atoms with Crippen LogP contribution in [-0.2, 0) is 31.2 Å². The fourth-order valence-corrected chi connectivity index (χ4v) is 6.50. The summed E-state index contributed by atoms with van der Waals surface area (Å²) >= 11 is 0. The number of nitrogens with zero attached hydrogens (tertiary/aromatic N) is 3. The van der Waals surface area contributed by atoms with Crippen molar-refractivity contribution < 1.29 is 14.3 Å². The Hall–Kier alpha value is -5.41. The van der Waals surface area contributed by atoms with Crippen molar-refractivity contribution in [2.24, 2.45) is 7.05 Å². The first-order valence-electron chi connectivity index (χ1n) is 16.6. The van der Waals surface area contributed by atoms with Crippen LogP contribution < -0.4 is 36.2 Å². The SMILES string of the molecule is COc1cc2c(cc1OC)CN(CCCc1ccc(N(C)C(=O)C3=CC(=c4[nH]c(=O)c(=Cc5ccccc5)n(C)c4=O)CC=C3)cc1)CC2. The van der Waals surface area contributed by atoms with Crippen molar-refractivity contribution >= 4 is 23.2 Å². The molecule has 6 rings (SSSR count). The van der Waals surface area contributed by atoms with E-state index in [1.54, 1.807) is 51.4 Å². The van der Waals surface area contributed by atoms with E-state index in [-0.39, 0.29) is 27.7 Å². The zero-order valence-electron chi connectivity index (χ0n) is 28.5. The Balaban J connectivity index is 1.11. The number of aromatic amines is 1. The topological polar surface area (TPSA) is 96.9 Å². The number of likely N-dealkylation sites (N-methyl/N-ethyl adjacent to an activating group) is 1. The second-order valence-corrected chi connectivity index (χ2v) is 12.5. The van der Waals surface area contributed by atoms with Gasteiger partial charge < -0.3 is 23.9 Å². The van der Waals surface area contributed by atoms with E-state index in [9.17, 15) is 14.4 Å². The highest BCUT2D eigenvalue weighted by Crippen LogP contribution is 2.33. The van der Waals surface area contributed by atoms with Crippen molar-refractivity contribution in [3.63, 3.8) is 0 Å². The van der Waals surface area contributed by atoms with Crippen LogP contribution in [0.2, 0.25) is 0 Å². The van der Waals surface area contributed by atoms with Gasteiger partial charge in [-0.15, -0.1) is 0 Å². The van der Waals surface area contributed by atoms with Crippen LogP contribution in [-0.4, -0.2) is 54.7 Å². The normalized spacial score (nSPS) is 15.8. The summed E-state index contributed by atoms with van der Waals surface area (Å²) in [4.78, 5) is 46.8. The monoisotopic (exact) mass is 658 g/mol. The third kappa shape index (κ3) is 7.37. The molecule has 49 heavy (non-hydrogen) atoms. The van der Waals surface area contributed by atoms with Crippen LogP contribution in [0.5, 0.6) is 11.5 Å². The van der Waals surface area contributed by atoms with Gasteiger partial charge in [-0.1, -0.05) is 54.6 Å². The maximum absolute atomic E-state index is 13.6. The molecule has 2 heterocycles. The number of methoxy groups -OCH3 is 2. The zero-order valence-corrected chi connectivity index (χ0v) is 28.5. The number of hydrogen-bond donors (Lipinski definition) is 1. The average Bonchev–Trinajstić information content (AvgIpc) is 3.14. The van der Waals surface area contributed by atoms with Gasteiger partial charge in [0.1, 0.15) is 10.7 Å². The van der Waals surface area contributed by atoms with Crippen molar-refractivity contribution in [1.29, 1.82) is 0 Å². The van der Waals surface area contributed by atoms with Gasteiger partial charge in [-0.05, 0) is 96.5 Å². The second kappa shape index (κ2) is 14.8. The number of carbonyl (C=O) groups is 1. The van der Waals surface area contributed by atoms with E-state index in [0.717, 1.165) is 61.6 Å². The van der Waals surface area contributed by atoms with Crippen LogP contribution in [0.15, 0.2) is 100 Å². The Morgan fingerprint density at radius 1 is 0.980 bits per heavy atom. The summed E-state index contributed by atoms with van der Waals surface area (Å²) in [6.45, 7) is 2.91. The molecule has 0 spiro atoms. The molecule has 1 amide bonds. The lowest BCUT2D eigenvalue weighted by Crippen LogP contribution is -2.53. The summed E-state index contributed by atoms with van der Waals surface area (Å²) in [5, 5.41) is 0.447. The number of amides is 1. The highest BCUT2D eigenvalue weighted by molar-refractivity contribution is 6.08. The number of rotatable bonds is 9. The number of benzene rings is 3. The van der Waals surface area contributed by atoms with Crippen LogP contribution in [0.25, 0.3) is 11.6 Å². The average molecular weight is 659 g/mol. The predicted molar refractivity (Wildman–Crippen MR) is 194 cm³/mol. The van der Waals surface area contributed by atoms with E-state index in [0.29, 0.717) is 17.6 Å². The molecule has 0 bridgehead atoms. The third-order valence-corrected chi connectivity index (χ3v) is 9.35. The minimum absolute atomic E-state index is 0.188. The molecule has 1 aliphatic heterocycles. The maximum Gasteiger partial charge on any atom is 0.274 e. The van der Waals surface area contributed by atoms with Gasteiger partial charge >= 0.3 is 0 Å². The number of fused-ring (bicyclic) bond motifs is 1. The van der Waals surface area contributed by atoms with Crippen molar-refractivity contribution in [1.82, 2.24) is 14.5 Å². The first-order valence-corrected chi connectivity index (χ1v) is 16.6. The largest absolute Gasteiger partial charge is 0.493 e. The molecular weight excluding hydrogens is 616 g/mol. The molecule has 0 radical (unpaired) electrons. The summed E-state index contributed by atoms with van der Waals surface area (Å²) in [5.41, 5.74) is 5.76. The lowest BCUT2D eigenvalue weighted by Gasteiger charge is -2.29. The number of carbonyl (C=O) groups excluding carboxylic acids is 1. The van der Waals surface area contributed by atoms with Gasteiger partial charge in [0.05, 0.1) is 14.2 Å². The van der Waals surface area contributed by atoms with E-state index in [4.69, 9.17) is 9.47 Å². The number of aromatic nitrogens is 2. The smallest absolute Gasteiger partial charge is 0.274 e. The Kier molecular flexibility index (Phi) is 10.1. The number of nitrogens with one attached hydrogen (secondary N) is 1. The van der Waals surface area contributed by atoms with E-state index in [1.165, 1.54) is 21.3 Å². The lowest BCUT2D eigenvalue weighted by molar-refractivity contribution is -0.114. The van der Waals surface area contributed by atoms with Gasteiger partial charge in [-0.3, -0.25) is 19.3 Å². The lowest BCUT2D eigenvalue weighted by atomic mass is 9.98. The molecule has 1 N–H and O–H groups in total. The molecule has 3 aromatic carbocycles. The van der Waals surface area contributed by atoms with Gasteiger partial charge in [0.2, 0.25) is 0 Å². The van der Waals surface area contributed by atoms with E-state index < -0.39 is 0 Å². The minimum Gasteiger partial charge on any atom is -0.493 e. The third-order valence-electron chi connectivity index (χ3n) is 9.35. The fraction of sp³-hybridized carbons (Fsp3) is 0.275. The summed E-state index contributed by atoms with van der Waals surface area (Å²) in [6.07, 6.45) is 10.4. The highest BCUT2D eigenvalue weighted by Gasteiger charge is 2.20. The standard InChI is InChI=1S/C40H42N4O5/c1-42(33-17-15-27(16-18-33)12-9-20-44-21-19-29-24-35(48-3)36(49-4)25-32(29)26-44)39(46)31-14-8-13-30(23-31)37-40(47)43(2)34(38(45)41-37)22-28-10-6-5-7-11-28/h5-8,10-11,14-18,22-25H,9,12-13,19-21,26H2,1-4H3,(H,41,45). The molecular formula is C40H42N4O5. The Bertz CT molecular complexity index is 2160.